The second-order valence-corrected chi connectivity index (χ2v) is 8.64. The van der Waals surface area contributed by atoms with Gasteiger partial charge in [0.25, 0.3) is 11.8 Å². The van der Waals surface area contributed by atoms with Gasteiger partial charge < -0.3 is 16.0 Å². The predicted octanol–water partition coefficient (Wildman–Crippen LogP) is 4.14. The second-order valence-electron chi connectivity index (χ2n) is 7.21. The molecule has 1 saturated heterocycles. The zero-order valence-corrected chi connectivity index (χ0v) is 17.6. The van der Waals surface area contributed by atoms with Gasteiger partial charge in [0.2, 0.25) is 5.91 Å². The Kier molecular flexibility index (Phi) is 5.74. The number of halogens is 1. The van der Waals surface area contributed by atoms with Crippen LogP contribution < -0.4 is 11.1 Å². The molecule has 8 heteroatoms. The maximum Gasteiger partial charge on any atom is 0.267 e. The molecule has 2 aromatic carbocycles. The molecular formula is C22H20ClN3O3S. The van der Waals surface area contributed by atoms with Gasteiger partial charge in [-0.25, -0.2) is 0 Å². The Morgan fingerprint density at radius 3 is 2.40 bits per heavy atom. The molecule has 1 aromatic heterocycles. The molecular weight excluding hydrogens is 422 g/mol. The van der Waals surface area contributed by atoms with E-state index in [1.54, 1.807) is 29.2 Å². The van der Waals surface area contributed by atoms with Crippen molar-refractivity contribution >= 4 is 56.4 Å². The van der Waals surface area contributed by atoms with E-state index in [0.717, 1.165) is 10.1 Å². The van der Waals surface area contributed by atoms with Crippen LogP contribution in [0.2, 0.25) is 5.02 Å². The zero-order chi connectivity index (χ0) is 21.3. The number of fused-ring (bicyclic) bond motifs is 1. The first-order chi connectivity index (χ1) is 14.5. The summed E-state index contributed by atoms with van der Waals surface area (Å²) in [6.45, 7) is 0.910. The Hall–Kier alpha value is -2.90. The summed E-state index contributed by atoms with van der Waals surface area (Å²) in [5.41, 5.74) is 6.21. The second kappa shape index (κ2) is 8.45. The molecule has 3 amide bonds. The van der Waals surface area contributed by atoms with Crippen molar-refractivity contribution in [2.75, 3.05) is 18.4 Å². The Balaban J connectivity index is 1.54. The number of carbonyl (C=O) groups excluding carboxylic acids is 3. The number of piperidine rings is 1. The molecule has 1 aliphatic rings. The highest BCUT2D eigenvalue weighted by molar-refractivity contribution is 7.21. The van der Waals surface area contributed by atoms with Crippen molar-refractivity contribution < 1.29 is 14.4 Å². The van der Waals surface area contributed by atoms with E-state index in [9.17, 15) is 14.4 Å². The predicted molar refractivity (Wildman–Crippen MR) is 119 cm³/mol. The Labute approximate surface area is 182 Å². The number of nitrogens with two attached hydrogens (primary N) is 1. The smallest absolute Gasteiger partial charge is 0.267 e. The lowest BCUT2D eigenvalue weighted by Gasteiger charge is -2.31. The van der Waals surface area contributed by atoms with E-state index in [-0.39, 0.29) is 23.6 Å². The number of rotatable bonds is 4. The van der Waals surface area contributed by atoms with Crippen molar-refractivity contribution in [3.8, 4) is 0 Å². The molecule has 3 aromatic rings. The number of hydrogen-bond acceptors (Lipinski definition) is 4. The van der Waals surface area contributed by atoms with Crippen LogP contribution in [0.4, 0.5) is 5.69 Å². The van der Waals surface area contributed by atoms with Crippen LogP contribution in [0.5, 0.6) is 0 Å². The highest BCUT2D eigenvalue weighted by Crippen LogP contribution is 2.35. The first kappa shape index (κ1) is 20.4. The summed E-state index contributed by atoms with van der Waals surface area (Å²) >= 11 is 7.73. The molecule has 0 saturated carbocycles. The zero-order valence-electron chi connectivity index (χ0n) is 16.1. The first-order valence-corrected chi connectivity index (χ1v) is 10.8. The van der Waals surface area contributed by atoms with Gasteiger partial charge in [-0.15, -0.1) is 11.3 Å². The number of likely N-dealkylation sites (tertiary alicyclic amines) is 1. The highest BCUT2D eigenvalue weighted by Gasteiger charge is 2.28. The van der Waals surface area contributed by atoms with Gasteiger partial charge in [0.05, 0.1) is 16.3 Å². The number of thiophene rings is 1. The molecule has 0 unspecified atom stereocenters. The minimum absolute atomic E-state index is 0.184. The molecule has 1 fully saturated rings. The molecule has 0 bridgehead atoms. The average Bonchev–Trinajstić information content (AvgIpc) is 3.10. The van der Waals surface area contributed by atoms with E-state index < -0.39 is 0 Å². The van der Waals surface area contributed by atoms with Crippen LogP contribution in [0.15, 0.2) is 48.5 Å². The van der Waals surface area contributed by atoms with Gasteiger partial charge in [0.1, 0.15) is 4.88 Å². The van der Waals surface area contributed by atoms with Gasteiger partial charge in [-0.1, -0.05) is 41.9 Å². The highest BCUT2D eigenvalue weighted by atomic mass is 35.5. The third kappa shape index (κ3) is 3.91. The average molecular weight is 442 g/mol. The normalized spacial score (nSPS) is 14.6. The number of nitrogens with one attached hydrogen (secondary N) is 1. The van der Waals surface area contributed by atoms with E-state index in [2.05, 4.69) is 5.32 Å². The van der Waals surface area contributed by atoms with Gasteiger partial charge >= 0.3 is 0 Å². The lowest BCUT2D eigenvalue weighted by atomic mass is 9.95. The third-order valence-electron chi connectivity index (χ3n) is 5.33. The van der Waals surface area contributed by atoms with E-state index in [0.29, 0.717) is 47.1 Å². The molecule has 0 spiro atoms. The van der Waals surface area contributed by atoms with Crippen LogP contribution >= 0.6 is 22.9 Å². The molecule has 6 nitrogen and oxygen atoms in total. The quantitative estimate of drug-likeness (QED) is 0.637. The maximum atomic E-state index is 13.1. The molecule has 0 radical (unpaired) electrons. The van der Waals surface area contributed by atoms with Crippen molar-refractivity contribution in [3.63, 3.8) is 0 Å². The number of amides is 3. The van der Waals surface area contributed by atoms with Crippen molar-refractivity contribution in [2.24, 2.45) is 11.7 Å². The minimum atomic E-state index is -0.353. The molecule has 4 rings (SSSR count). The van der Waals surface area contributed by atoms with Crippen LogP contribution in [0.25, 0.3) is 10.1 Å². The maximum absolute atomic E-state index is 13.1. The van der Waals surface area contributed by atoms with Crippen LogP contribution in [0, 0.1) is 5.92 Å². The molecule has 1 aliphatic heterocycles. The van der Waals surface area contributed by atoms with Crippen molar-refractivity contribution in [3.05, 3.63) is 64.0 Å². The molecule has 2 heterocycles. The third-order valence-corrected chi connectivity index (χ3v) is 7.01. The summed E-state index contributed by atoms with van der Waals surface area (Å²) in [6.07, 6.45) is 1.10. The molecule has 3 N–H and O–H groups in total. The largest absolute Gasteiger partial charge is 0.369 e. The molecule has 0 atom stereocenters. The van der Waals surface area contributed by atoms with Crippen molar-refractivity contribution in [1.29, 1.82) is 0 Å². The monoisotopic (exact) mass is 441 g/mol. The minimum Gasteiger partial charge on any atom is -0.369 e. The van der Waals surface area contributed by atoms with Crippen LogP contribution in [0.3, 0.4) is 0 Å². The summed E-state index contributed by atoms with van der Waals surface area (Å²) in [4.78, 5) is 39.4. The number of para-hydroxylation sites is 1. The number of hydrogen-bond donors (Lipinski definition) is 2. The van der Waals surface area contributed by atoms with Gasteiger partial charge in [-0.3, -0.25) is 14.4 Å². The lowest BCUT2D eigenvalue weighted by Crippen LogP contribution is -2.42. The van der Waals surface area contributed by atoms with E-state index in [1.807, 2.05) is 24.3 Å². The van der Waals surface area contributed by atoms with Crippen LogP contribution in [-0.4, -0.2) is 35.7 Å². The Morgan fingerprint density at radius 1 is 1.03 bits per heavy atom. The van der Waals surface area contributed by atoms with Crippen LogP contribution in [-0.2, 0) is 4.79 Å². The topological polar surface area (TPSA) is 92.5 Å². The fraction of sp³-hybridized carbons (Fsp3) is 0.227. The first-order valence-electron chi connectivity index (χ1n) is 9.61. The number of primary amides is 1. The molecule has 0 aliphatic carbocycles. The number of nitrogens with zero attached hydrogens (tertiary/aromatic N) is 1. The summed E-state index contributed by atoms with van der Waals surface area (Å²) in [7, 11) is 0. The fourth-order valence-electron chi connectivity index (χ4n) is 3.66. The van der Waals surface area contributed by atoms with Gasteiger partial charge in [-0.2, -0.15) is 0 Å². The van der Waals surface area contributed by atoms with Crippen molar-refractivity contribution in [2.45, 2.75) is 12.8 Å². The molecule has 30 heavy (non-hydrogen) atoms. The SMILES string of the molecule is NC(=O)C1CCN(C(=O)c2ccccc2NC(=O)c2sc3ccccc3c2Cl)CC1. The van der Waals surface area contributed by atoms with Crippen LogP contribution in [0.1, 0.15) is 32.9 Å². The number of benzene rings is 2. The summed E-state index contributed by atoms with van der Waals surface area (Å²) < 4.78 is 0.925. The molecule has 154 valence electrons. The number of carbonyl (C=O) groups is 3. The van der Waals surface area contributed by atoms with Crippen molar-refractivity contribution in [1.82, 2.24) is 4.90 Å². The summed E-state index contributed by atoms with van der Waals surface area (Å²) in [6, 6.07) is 14.5. The van der Waals surface area contributed by atoms with E-state index in [1.165, 1.54) is 11.3 Å². The Bertz CT molecular complexity index is 1140. The standard InChI is InChI=1S/C22H20ClN3O3S/c23-18-15-6-2-4-8-17(15)30-19(18)21(28)25-16-7-3-1-5-14(16)22(29)26-11-9-13(10-12-26)20(24)27/h1-8,13H,9-12H2,(H2,24,27)(H,25,28). The lowest BCUT2D eigenvalue weighted by molar-refractivity contribution is -0.123. The van der Waals surface area contributed by atoms with E-state index >= 15 is 0 Å². The van der Waals surface area contributed by atoms with Gasteiger partial charge in [0, 0.05) is 29.1 Å². The van der Waals surface area contributed by atoms with Gasteiger partial charge in [0.15, 0.2) is 0 Å². The van der Waals surface area contributed by atoms with E-state index in [4.69, 9.17) is 17.3 Å². The summed E-state index contributed by atoms with van der Waals surface area (Å²) in [5, 5.41) is 4.08. The van der Waals surface area contributed by atoms with Gasteiger partial charge in [-0.05, 0) is 31.0 Å². The fourth-order valence-corrected chi connectivity index (χ4v) is 5.07. The number of anilines is 1. The summed E-state index contributed by atoms with van der Waals surface area (Å²) in [5.74, 6) is -1.06. The Morgan fingerprint density at radius 2 is 1.70 bits per heavy atom.